The number of anilines is 1. The molecule has 4 heterocycles. The predicted octanol–water partition coefficient (Wildman–Crippen LogP) is 4.18. The second-order valence-electron chi connectivity index (χ2n) is 7.98. The molecule has 2 aliphatic rings. The first-order chi connectivity index (χ1) is 15.6. The summed E-state index contributed by atoms with van der Waals surface area (Å²) in [5, 5.41) is 6.80. The van der Waals surface area contributed by atoms with E-state index in [1.807, 2.05) is 43.5 Å². The number of nitrogens with zero attached hydrogens (tertiary/aromatic N) is 4. The van der Waals surface area contributed by atoms with Crippen molar-refractivity contribution >= 4 is 17.2 Å². The number of hydrogen-bond donors (Lipinski definition) is 1. The monoisotopic (exact) mass is 435 g/mol. The molecule has 0 spiro atoms. The van der Waals surface area contributed by atoms with Gasteiger partial charge in [-0.1, -0.05) is 17.3 Å². The van der Waals surface area contributed by atoms with E-state index in [1.54, 1.807) is 10.6 Å². The Kier molecular flexibility index (Phi) is 5.40. The van der Waals surface area contributed by atoms with Gasteiger partial charge in [-0.3, -0.25) is 9.20 Å². The van der Waals surface area contributed by atoms with Crippen molar-refractivity contribution in [3.05, 3.63) is 65.9 Å². The molecule has 1 aliphatic carbocycles. The molecule has 0 atom stereocenters. The van der Waals surface area contributed by atoms with Crippen LogP contribution in [-0.2, 0) is 4.74 Å². The molecular weight excluding hydrogens is 413 g/mol. The maximum absolute atomic E-state index is 12.9. The lowest BCUT2D eigenvalue weighted by Crippen LogP contribution is -2.25. The maximum Gasteiger partial charge on any atom is 0.274 e. The first-order valence-corrected chi connectivity index (χ1v) is 10.5. The molecule has 9 heteroatoms. The van der Waals surface area contributed by atoms with Crippen LogP contribution in [0.5, 0.6) is 0 Å². The lowest BCUT2D eigenvalue weighted by atomic mass is 9.99. The van der Waals surface area contributed by atoms with Crippen LogP contribution in [0.3, 0.4) is 0 Å². The van der Waals surface area contributed by atoms with E-state index >= 15 is 0 Å². The van der Waals surface area contributed by atoms with Crippen LogP contribution in [0.25, 0.3) is 17.0 Å². The molecule has 4 aromatic rings. The summed E-state index contributed by atoms with van der Waals surface area (Å²) in [5.74, 6) is 0.646. The zero-order chi connectivity index (χ0) is 22.1. The Hall–Kier alpha value is -3.59. The number of halogens is 1. The summed E-state index contributed by atoms with van der Waals surface area (Å²) >= 11 is 0. The fourth-order valence-electron chi connectivity index (χ4n) is 3.29. The van der Waals surface area contributed by atoms with Crippen molar-refractivity contribution in [3.63, 3.8) is 0 Å². The van der Waals surface area contributed by atoms with Crippen LogP contribution in [0.15, 0.2) is 53.6 Å². The number of pyridine rings is 1. The standard InChI is InChI=1S/C20H17N5O3.C3H5F/c1-12-2-3-14(19-22-11-28-24-19)6-16(12)23-20(26)17-8-21-18-7-13(4-5-25(17)18)15-9-27-10-15;4-3-1-2-3/h2-8,11,15H,9-10H2,1H3,(H,23,26);3H,1-2H2. The molecule has 32 heavy (non-hydrogen) atoms. The normalized spacial score (nSPS) is 15.7. The van der Waals surface area contributed by atoms with Crippen LogP contribution in [0.1, 0.15) is 40.4 Å². The summed E-state index contributed by atoms with van der Waals surface area (Å²) in [7, 11) is 0. The fraction of sp³-hybridized carbons (Fsp3) is 0.304. The van der Waals surface area contributed by atoms with Crippen molar-refractivity contribution in [1.82, 2.24) is 19.5 Å². The smallest absolute Gasteiger partial charge is 0.274 e. The molecule has 1 amide bonds. The van der Waals surface area contributed by atoms with Gasteiger partial charge in [0.2, 0.25) is 12.2 Å². The Morgan fingerprint density at radius 1 is 1.19 bits per heavy atom. The number of benzene rings is 1. The van der Waals surface area contributed by atoms with E-state index in [4.69, 9.17) is 9.26 Å². The highest BCUT2D eigenvalue weighted by atomic mass is 19.1. The molecule has 164 valence electrons. The van der Waals surface area contributed by atoms with Crippen molar-refractivity contribution < 1.29 is 18.4 Å². The van der Waals surface area contributed by atoms with E-state index in [0.717, 1.165) is 42.8 Å². The zero-order valence-corrected chi connectivity index (χ0v) is 17.5. The average molecular weight is 435 g/mol. The van der Waals surface area contributed by atoms with Gasteiger partial charge in [0.25, 0.3) is 5.91 Å². The Morgan fingerprint density at radius 2 is 2.00 bits per heavy atom. The first-order valence-electron chi connectivity index (χ1n) is 10.5. The molecule has 1 saturated carbocycles. The van der Waals surface area contributed by atoms with Gasteiger partial charge < -0.3 is 14.6 Å². The van der Waals surface area contributed by atoms with Crippen molar-refractivity contribution in [3.8, 4) is 11.4 Å². The number of fused-ring (bicyclic) bond motifs is 1. The highest BCUT2D eigenvalue weighted by Crippen LogP contribution is 2.26. The molecule has 0 unspecified atom stereocenters. The fourth-order valence-corrected chi connectivity index (χ4v) is 3.29. The maximum atomic E-state index is 12.9. The zero-order valence-electron chi connectivity index (χ0n) is 17.5. The van der Waals surface area contributed by atoms with Crippen molar-refractivity contribution in [2.45, 2.75) is 31.9 Å². The van der Waals surface area contributed by atoms with Gasteiger partial charge >= 0.3 is 0 Å². The second-order valence-corrected chi connectivity index (χ2v) is 7.98. The Balaban J connectivity index is 0.000000489. The van der Waals surface area contributed by atoms with Crippen LogP contribution in [0.2, 0.25) is 0 Å². The third kappa shape index (κ3) is 4.24. The number of aromatic nitrogens is 4. The number of ether oxygens (including phenoxy) is 1. The van der Waals surface area contributed by atoms with Crippen molar-refractivity contribution in [2.24, 2.45) is 0 Å². The molecule has 0 bridgehead atoms. The number of carbonyl (C=O) groups excluding carboxylic acids is 1. The number of carbonyl (C=O) groups is 1. The highest BCUT2D eigenvalue weighted by molar-refractivity contribution is 6.04. The van der Waals surface area contributed by atoms with Gasteiger partial charge in [0.05, 0.1) is 19.4 Å². The van der Waals surface area contributed by atoms with Gasteiger partial charge in [-0.15, -0.1) is 0 Å². The minimum Gasteiger partial charge on any atom is -0.380 e. The van der Waals surface area contributed by atoms with E-state index in [0.29, 0.717) is 23.1 Å². The summed E-state index contributed by atoms with van der Waals surface area (Å²) in [4.78, 5) is 21.3. The summed E-state index contributed by atoms with van der Waals surface area (Å²) in [5.41, 5.74) is 4.77. The molecule has 1 saturated heterocycles. The molecule has 1 N–H and O–H groups in total. The minimum absolute atomic E-state index is 0.236. The highest BCUT2D eigenvalue weighted by Gasteiger charge is 2.22. The SMILES string of the molecule is Cc1ccc(-c2ncon2)cc1NC(=O)c1cnc2cc(C3COC3)ccn12.FC1CC1. The molecule has 8 nitrogen and oxygen atoms in total. The largest absolute Gasteiger partial charge is 0.380 e. The molecule has 1 aliphatic heterocycles. The van der Waals surface area contributed by atoms with E-state index in [9.17, 15) is 9.18 Å². The summed E-state index contributed by atoms with van der Waals surface area (Å²) < 4.78 is 23.0. The number of rotatable bonds is 4. The quantitative estimate of drug-likeness (QED) is 0.517. The minimum atomic E-state index is -0.417. The Morgan fingerprint density at radius 3 is 2.66 bits per heavy atom. The van der Waals surface area contributed by atoms with Gasteiger partial charge in [0.1, 0.15) is 17.5 Å². The number of alkyl halides is 1. The molecule has 0 radical (unpaired) electrons. The van der Waals surface area contributed by atoms with Gasteiger partial charge in [0.15, 0.2) is 0 Å². The summed E-state index contributed by atoms with van der Waals surface area (Å²) in [6, 6.07) is 9.64. The van der Waals surface area contributed by atoms with Crippen LogP contribution in [0, 0.1) is 6.92 Å². The first kappa shape index (κ1) is 20.3. The van der Waals surface area contributed by atoms with Crippen LogP contribution in [0.4, 0.5) is 10.1 Å². The third-order valence-corrected chi connectivity index (χ3v) is 5.49. The van der Waals surface area contributed by atoms with Crippen LogP contribution >= 0.6 is 0 Å². The molecule has 3 aromatic heterocycles. The lowest BCUT2D eigenvalue weighted by Gasteiger charge is -2.26. The third-order valence-electron chi connectivity index (χ3n) is 5.49. The Bertz CT molecular complexity index is 1250. The number of imidazole rings is 1. The molecule has 2 fully saturated rings. The van der Waals surface area contributed by atoms with Gasteiger partial charge in [0, 0.05) is 23.4 Å². The van der Waals surface area contributed by atoms with Crippen molar-refractivity contribution in [2.75, 3.05) is 18.5 Å². The predicted molar refractivity (Wildman–Crippen MR) is 115 cm³/mol. The topological polar surface area (TPSA) is 94.6 Å². The van der Waals surface area contributed by atoms with Gasteiger partial charge in [-0.05, 0) is 49.1 Å². The van der Waals surface area contributed by atoms with Crippen LogP contribution in [-0.4, -0.2) is 44.8 Å². The van der Waals surface area contributed by atoms with Crippen LogP contribution < -0.4 is 5.32 Å². The molecule has 1 aromatic carbocycles. The van der Waals surface area contributed by atoms with E-state index in [2.05, 4.69) is 20.4 Å². The number of aryl methyl sites for hydroxylation is 1. The lowest BCUT2D eigenvalue weighted by molar-refractivity contribution is 0.00843. The summed E-state index contributed by atoms with van der Waals surface area (Å²) in [6.07, 6.45) is 5.97. The summed E-state index contributed by atoms with van der Waals surface area (Å²) in [6.45, 7) is 3.40. The van der Waals surface area contributed by atoms with E-state index in [-0.39, 0.29) is 5.91 Å². The number of hydrogen-bond acceptors (Lipinski definition) is 6. The number of amides is 1. The van der Waals surface area contributed by atoms with Gasteiger partial charge in [-0.25, -0.2) is 9.37 Å². The number of nitrogens with one attached hydrogen (secondary N) is 1. The average Bonchev–Trinajstić information content (AvgIpc) is 3.20. The molecule has 6 rings (SSSR count). The molecular formula is C23H22FN5O3. The van der Waals surface area contributed by atoms with E-state index < -0.39 is 6.17 Å². The van der Waals surface area contributed by atoms with E-state index in [1.165, 1.54) is 12.0 Å². The van der Waals surface area contributed by atoms with Crippen molar-refractivity contribution in [1.29, 1.82) is 0 Å². The Labute approximate surface area is 183 Å². The second kappa shape index (κ2) is 8.51. The van der Waals surface area contributed by atoms with Gasteiger partial charge in [-0.2, -0.15) is 4.98 Å².